The second kappa shape index (κ2) is 7.36. The Morgan fingerprint density at radius 1 is 1.28 bits per heavy atom. The molecule has 128 valence electrons. The molecule has 6 nitrogen and oxygen atoms in total. The highest BCUT2D eigenvalue weighted by molar-refractivity contribution is 6.30. The molecule has 0 amide bonds. The van der Waals surface area contributed by atoms with E-state index in [-0.39, 0.29) is 12.3 Å². The van der Waals surface area contributed by atoms with E-state index in [0.29, 0.717) is 16.3 Å². The fraction of sp³-hybridized carbons (Fsp3) is 0.167. The van der Waals surface area contributed by atoms with E-state index >= 15 is 0 Å². The van der Waals surface area contributed by atoms with Gasteiger partial charge in [0.15, 0.2) is 5.69 Å². The predicted octanol–water partition coefficient (Wildman–Crippen LogP) is 3.59. The zero-order chi connectivity index (χ0) is 17.8. The molecule has 0 saturated heterocycles. The number of esters is 1. The van der Waals surface area contributed by atoms with E-state index in [9.17, 15) is 4.79 Å². The lowest BCUT2D eigenvalue weighted by Gasteiger charge is -2.09. The molecular weight excluding hydrogens is 342 g/mol. The lowest BCUT2D eigenvalue weighted by Crippen LogP contribution is -2.06. The van der Waals surface area contributed by atoms with E-state index < -0.39 is 5.97 Å². The Morgan fingerprint density at radius 3 is 2.88 bits per heavy atom. The minimum atomic E-state index is -0.523. The monoisotopic (exact) mass is 357 g/mol. The van der Waals surface area contributed by atoms with Crippen LogP contribution in [0.1, 0.15) is 21.6 Å². The van der Waals surface area contributed by atoms with Gasteiger partial charge in [0.05, 0.1) is 17.8 Å². The molecule has 0 unspecified atom stereocenters. The van der Waals surface area contributed by atoms with Gasteiger partial charge in [0.2, 0.25) is 0 Å². The summed E-state index contributed by atoms with van der Waals surface area (Å²) in [5, 5.41) is 0.490. The first-order chi connectivity index (χ1) is 12.1. The molecule has 1 aromatic carbocycles. The van der Waals surface area contributed by atoms with Crippen LogP contribution in [0, 0.1) is 6.92 Å². The van der Waals surface area contributed by atoms with E-state index in [0.717, 1.165) is 11.3 Å². The van der Waals surface area contributed by atoms with Crippen LogP contribution in [-0.4, -0.2) is 27.6 Å². The molecule has 0 bridgehead atoms. The van der Waals surface area contributed by atoms with Crippen LogP contribution in [0.25, 0.3) is 5.69 Å². The van der Waals surface area contributed by atoms with Crippen molar-refractivity contribution < 1.29 is 14.3 Å². The van der Waals surface area contributed by atoms with Gasteiger partial charge in [-0.15, -0.1) is 0 Å². The number of hydrogen-bond acceptors (Lipinski definition) is 5. The summed E-state index contributed by atoms with van der Waals surface area (Å²) in [7, 11) is 1.60. The quantitative estimate of drug-likeness (QED) is 0.653. The third-order valence-electron chi connectivity index (χ3n) is 3.54. The topological polar surface area (TPSA) is 66.2 Å². The van der Waals surface area contributed by atoms with Gasteiger partial charge < -0.3 is 14.0 Å². The number of aryl methyl sites for hydroxylation is 1. The molecule has 0 aliphatic heterocycles. The summed E-state index contributed by atoms with van der Waals surface area (Å²) in [6, 6.07) is 7.47. The number of carbonyl (C=O) groups is 1. The molecule has 3 rings (SSSR count). The van der Waals surface area contributed by atoms with Gasteiger partial charge in [-0.2, -0.15) is 0 Å². The number of nitrogens with zero attached hydrogens (tertiary/aromatic N) is 3. The number of benzene rings is 1. The number of hydrogen-bond donors (Lipinski definition) is 0. The first-order valence-electron chi connectivity index (χ1n) is 7.52. The predicted molar refractivity (Wildman–Crippen MR) is 93.2 cm³/mol. The van der Waals surface area contributed by atoms with Crippen molar-refractivity contribution in [1.29, 1.82) is 0 Å². The lowest BCUT2D eigenvalue weighted by atomic mass is 10.2. The number of rotatable bonds is 5. The third-order valence-corrected chi connectivity index (χ3v) is 3.74. The maximum Gasteiger partial charge on any atom is 0.358 e. The van der Waals surface area contributed by atoms with Gasteiger partial charge in [0.1, 0.15) is 18.7 Å². The van der Waals surface area contributed by atoms with E-state index in [2.05, 4.69) is 9.97 Å². The van der Waals surface area contributed by atoms with Crippen molar-refractivity contribution in [3.8, 4) is 11.4 Å². The highest BCUT2D eigenvalue weighted by Crippen LogP contribution is 2.24. The summed E-state index contributed by atoms with van der Waals surface area (Å²) < 4.78 is 12.3. The summed E-state index contributed by atoms with van der Waals surface area (Å²) >= 11 is 5.86. The second-order valence-corrected chi connectivity index (χ2v) is 5.87. The van der Waals surface area contributed by atoms with Crippen molar-refractivity contribution in [2.45, 2.75) is 13.5 Å². The molecule has 0 radical (unpaired) electrons. The Hall–Kier alpha value is -2.86. The molecule has 0 saturated carbocycles. The first kappa shape index (κ1) is 17.0. The molecule has 0 fully saturated rings. The van der Waals surface area contributed by atoms with Gasteiger partial charge in [-0.05, 0) is 30.7 Å². The summed E-state index contributed by atoms with van der Waals surface area (Å²) in [5.74, 6) is 0.165. The van der Waals surface area contributed by atoms with Gasteiger partial charge in [-0.1, -0.05) is 17.7 Å². The summed E-state index contributed by atoms with van der Waals surface area (Å²) in [4.78, 5) is 20.3. The number of halogens is 1. The van der Waals surface area contributed by atoms with Crippen molar-refractivity contribution in [3.63, 3.8) is 0 Å². The molecule has 7 heteroatoms. The molecule has 3 aromatic rings. The van der Waals surface area contributed by atoms with Crippen molar-refractivity contribution in [1.82, 2.24) is 14.5 Å². The Balaban J connectivity index is 1.75. The van der Waals surface area contributed by atoms with Crippen LogP contribution in [0.4, 0.5) is 0 Å². The van der Waals surface area contributed by atoms with Gasteiger partial charge >= 0.3 is 5.97 Å². The highest BCUT2D eigenvalue weighted by atomic mass is 35.5. The number of carbonyl (C=O) groups excluding carboxylic acids is 1. The fourth-order valence-electron chi connectivity index (χ4n) is 2.32. The minimum absolute atomic E-state index is 0.0764. The molecule has 2 heterocycles. The zero-order valence-electron chi connectivity index (χ0n) is 13.8. The molecular formula is C18H16ClN3O3. The molecule has 0 spiro atoms. The van der Waals surface area contributed by atoms with E-state index in [4.69, 9.17) is 21.1 Å². The molecule has 0 N–H and O–H groups in total. The van der Waals surface area contributed by atoms with Gasteiger partial charge in [-0.3, -0.25) is 4.98 Å². The highest BCUT2D eigenvalue weighted by Gasteiger charge is 2.14. The Labute approximate surface area is 150 Å². The number of pyridine rings is 1. The van der Waals surface area contributed by atoms with Crippen LogP contribution in [-0.2, 0) is 11.3 Å². The van der Waals surface area contributed by atoms with Crippen LogP contribution < -0.4 is 4.74 Å². The van der Waals surface area contributed by atoms with Crippen molar-refractivity contribution >= 4 is 17.6 Å². The first-order valence-corrected chi connectivity index (χ1v) is 7.90. The zero-order valence-corrected chi connectivity index (χ0v) is 14.5. The smallest absolute Gasteiger partial charge is 0.358 e. The summed E-state index contributed by atoms with van der Waals surface area (Å²) in [6.45, 7) is 2.06. The molecule has 2 aromatic heterocycles. The number of methoxy groups -OCH3 is 1. The van der Waals surface area contributed by atoms with Gasteiger partial charge in [0, 0.05) is 24.2 Å². The molecule has 0 aliphatic rings. The van der Waals surface area contributed by atoms with Gasteiger partial charge in [0.25, 0.3) is 0 Å². The lowest BCUT2D eigenvalue weighted by molar-refractivity contribution is 0.0466. The largest absolute Gasteiger partial charge is 0.495 e. The molecule has 0 aliphatic carbocycles. The Morgan fingerprint density at radius 2 is 2.12 bits per heavy atom. The number of ether oxygens (including phenoxy) is 2. The second-order valence-electron chi connectivity index (χ2n) is 5.43. The SMILES string of the molecule is COc1ccc(C)cc1-n1cnc(C(=O)OCc2cncc(Cl)c2)c1. The van der Waals surface area contributed by atoms with Crippen molar-refractivity contribution in [3.05, 3.63) is 71.0 Å². The number of aromatic nitrogens is 3. The number of imidazole rings is 1. The Kier molecular flexibility index (Phi) is 5.00. The van der Waals surface area contributed by atoms with Crippen LogP contribution >= 0.6 is 11.6 Å². The van der Waals surface area contributed by atoms with E-state index in [1.807, 2.05) is 25.1 Å². The van der Waals surface area contributed by atoms with E-state index in [1.165, 1.54) is 6.20 Å². The van der Waals surface area contributed by atoms with Crippen LogP contribution in [0.15, 0.2) is 49.2 Å². The summed E-state index contributed by atoms with van der Waals surface area (Å²) in [6.07, 6.45) is 6.27. The van der Waals surface area contributed by atoms with E-state index in [1.54, 1.807) is 36.5 Å². The third kappa shape index (κ3) is 3.97. The summed E-state index contributed by atoms with van der Waals surface area (Å²) in [5.41, 5.74) is 2.79. The normalized spacial score (nSPS) is 10.5. The minimum Gasteiger partial charge on any atom is -0.495 e. The van der Waals surface area contributed by atoms with Crippen LogP contribution in [0.2, 0.25) is 5.02 Å². The van der Waals surface area contributed by atoms with Crippen LogP contribution in [0.3, 0.4) is 0 Å². The van der Waals surface area contributed by atoms with Crippen molar-refractivity contribution in [2.24, 2.45) is 0 Å². The molecule has 25 heavy (non-hydrogen) atoms. The Bertz CT molecular complexity index is 908. The maximum absolute atomic E-state index is 12.2. The maximum atomic E-state index is 12.2. The molecule has 0 atom stereocenters. The van der Waals surface area contributed by atoms with Crippen LogP contribution in [0.5, 0.6) is 5.75 Å². The van der Waals surface area contributed by atoms with Crippen molar-refractivity contribution in [2.75, 3.05) is 7.11 Å². The standard InChI is InChI=1S/C18H16ClN3O3/c1-12-3-4-17(24-2)16(5-12)22-9-15(21-11-22)18(23)25-10-13-6-14(19)8-20-7-13/h3-9,11H,10H2,1-2H3. The fourth-order valence-corrected chi connectivity index (χ4v) is 2.52. The average Bonchev–Trinajstić information content (AvgIpc) is 3.10. The van der Waals surface area contributed by atoms with Gasteiger partial charge in [-0.25, -0.2) is 9.78 Å². The average molecular weight is 358 g/mol.